The molecule has 4 rings (SSSR count). The molecule has 2 aliphatic heterocycles. The molecular weight excluding hydrogens is 418 g/mol. The van der Waals surface area contributed by atoms with E-state index in [1.807, 2.05) is 36.4 Å². The third kappa shape index (κ3) is 4.18. The van der Waals surface area contributed by atoms with Crippen molar-refractivity contribution in [2.24, 2.45) is 0 Å². The first-order valence-electron chi connectivity index (χ1n) is 9.86. The van der Waals surface area contributed by atoms with Crippen LogP contribution >= 0.6 is 11.8 Å². The predicted molar refractivity (Wildman–Crippen MR) is 117 cm³/mol. The van der Waals surface area contributed by atoms with E-state index in [1.54, 1.807) is 31.2 Å². The molecule has 8 nitrogen and oxygen atoms in total. The highest BCUT2D eigenvalue weighted by Crippen LogP contribution is 2.43. The van der Waals surface area contributed by atoms with Gasteiger partial charge in [0.2, 0.25) is 5.91 Å². The van der Waals surface area contributed by atoms with Crippen molar-refractivity contribution in [3.8, 4) is 5.75 Å². The van der Waals surface area contributed by atoms with E-state index in [-0.39, 0.29) is 6.61 Å². The molecule has 0 aliphatic carbocycles. The molecule has 2 heterocycles. The Labute approximate surface area is 184 Å². The number of fused-ring (bicyclic) bond motifs is 1. The number of thioether (sulfide) groups is 1. The summed E-state index contributed by atoms with van der Waals surface area (Å²) in [6.45, 7) is 1.58. The number of anilines is 1. The van der Waals surface area contributed by atoms with Crippen LogP contribution in [0.5, 0.6) is 5.75 Å². The second-order valence-electron chi connectivity index (χ2n) is 7.74. The first kappa shape index (κ1) is 21.0. The Morgan fingerprint density at radius 2 is 1.81 bits per heavy atom. The Kier molecular flexibility index (Phi) is 5.77. The van der Waals surface area contributed by atoms with Crippen molar-refractivity contribution in [2.75, 3.05) is 17.7 Å². The van der Waals surface area contributed by atoms with E-state index in [1.165, 1.54) is 16.7 Å². The fraction of sp³-hybridized carbons (Fsp3) is 0.318. The molecule has 0 bridgehead atoms. The fourth-order valence-corrected chi connectivity index (χ4v) is 5.45. The maximum absolute atomic E-state index is 12.8. The molecule has 2 fully saturated rings. The minimum absolute atomic E-state index is 0.221. The number of rotatable bonds is 7. The Hall–Kier alpha value is -3.20. The second-order valence-corrected chi connectivity index (χ2v) is 8.85. The van der Waals surface area contributed by atoms with Crippen molar-refractivity contribution in [3.05, 3.63) is 60.7 Å². The Morgan fingerprint density at radius 1 is 1.16 bits per heavy atom. The lowest BCUT2D eigenvalue weighted by Crippen LogP contribution is -2.80. The highest BCUT2D eigenvalue weighted by atomic mass is 32.2. The van der Waals surface area contributed by atoms with Crippen molar-refractivity contribution in [1.29, 1.82) is 0 Å². The van der Waals surface area contributed by atoms with Crippen molar-refractivity contribution >= 4 is 35.2 Å². The van der Waals surface area contributed by atoms with Crippen LogP contribution < -0.4 is 15.4 Å². The SMILES string of the molecule is CC1(Nc2ccccc2)CS[C@H]2C(NC(=O)COc3ccccc3)C(=O)N2C1C(=O)O. The molecule has 4 atom stereocenters. The molecule has 0 saturated carbocycles. The molecule has 0 spiro atoms. The number of nitrogens with zero attached hydrogens (tertiary/aromatic N) is 1. The molecular formula is C22H23N3O5S. The van der Waals surface area contributed by atoms with E-state index in [2.05, 4.69) is 10.6 Å². The van der Waals surface area contributed by atoms with E-state index in [0.717, 1.165) is 5.69 Å². The molecule has 9 heteroatoms. The van der Waals surface area contributed by atoms with Crippen LogP contribution in [-0.4, -0.2) is 63.1 Å². The minimum atomic E-state index is -1.08. The standard InChI is InChI=1S/C22H23N3O5S/c1-22(24-14-8-4-2-5-9-14)13-31-20-17(19(27)25(20)18(22)21(28)29)23-16(26)12-30-15-10-6-3-7-11-15/h2-11,17-18,20,24H,12-13H2,1H3,(H,23,26)(H,28,29)/t17?,18?,20-,22?/m0/s1. The molecule has 3 unspecified atom stereocenters. The largest absolute Gasteiger partial charge is 0.484 e. The predicted octanol–water partition coefficient (Wildman–Crippen LogP) is 1.79. The maximum atomic E-state index is 12.8. The van der Waals surface area contributed by atoms with E-state index < -0.39 is 40.8 Å². The zero-order chi connectivity index (χ0) is 22.0. The number of hydrogen-bond acceptors (Lipinski definition) is 6. The summed E-state index contributed by atoms with van der Waals surface area (Å²) in [6, 6.07) is 16.4. The van der Waals surface area contributed by atoms with Crippen LogP contribution in [-0.2, 0) is 14.4 Å². The molecule has 2 saturated heterocycles. The molecule has 3 N–H and O–H groups in total. The van der Waals surface area contributed by atoms with Gasteiger partial charge in [0.25, 0.3) is 5.91 Å². The topological polar surface area (TPSA) is 108 Å². The lowest BCUT2D eigenvalue weighted by Gasteiger charge is -2.57. The van der Waals surface area contributed by atoms with Crippen molar-refractivity contribution in [2.45, 2.75) is 29.9 Å². The number of para-hydroxylation sites is 2. The van der Waals surface area contributed by atoms with Gasteiger partial charge in [0, 0.05) is 11.4 Å². The van der Waals surface area contributed by atoms with Crippen molar-refractivity contribution < 1.29 is 24.2 Å². The molecule has 2 aromatic rings. The van der Waals surface area contributed by atoms with Gasteiger partial charge in [0.15, 0.2) is 12.6 Å². The van der Waals surface area contributed by atoms with Crippen LogP contribution in [0.25, 0.3) is 0 Å². The average Bonchev–Trinajstić information content (AvgIpc) is 2.77. The van der Waals surface area contributed by atoms with Crippen LogP contribution in [0.15, 0.2) is 60.7 Å². The highest BCUT2D eigenvalue weighted by Gasteiger charge is 2.61. The molecule has 2 amide bonds. The van der Waals surface area contributed by atoms with Gasteiger partial charge in [-0.25, -0.2) is 4.79 Å². The Morgan fingerprint density at radius 3 is 2.45 bits per heavy atom. The quantitative estimate of drug-likeness (QED) is 0.562. The molecule has 162 valence electrons. The molecule has 2 aliphatic rings. The number of carbonyl (C=O) groups is 3. The van der Waals surface area contributed by atoms with Gasteiger partial charge in [-0.2, -0.15) is 0 Å². The van der Waals surface area contributed by atoms with Gasteiger partial charge in [-0.3, -0.25) is 9.59 Å². The summed E-state index contributed by atoms with van der Waals surface area (Å²) in [5.41, 5.74) is -0.0822. The summed E-state index contributed by atoms with van der Waals surface area (Å²) < 4.78 is 5.42. The summed E-state index contributed by atoms with van der Waals surface area (Å²) in [7, 11) is 0. The smallest absolute Gasteiger partial charge is 0.328 e. The molecule has 31 heavy (non-hydrogen) atoms. The zero-order valence-electron chi connectivity index (χ0n) is 16.9. The van der Waals surface area contributed by atoms with Gasteiger partial charge in [-0.05, 0) is 31.2 Å². The zero-order valence-corrected chi connectivity index (χ0v) is 17.7. The molecule has 2 aromatic carbocycles. The lowest BCUT2D eigenvalue weighted by atomic mass is 9.87. The van der Waals surface area contributed by atoms with E-state index in [4.69, 9.17) is 4.74 Å². The van der Waals surface area contributed by atoms with Gasteiger partial charge in [-0.15, -0.1) is 11.8 Å². The summed E-state index contributed by atoms with van der Waals surface area (Å²) in [5, 5.41) is 15.5. The van der Waals surface area contributed by atoms with Gasteiger partial charge < -0.3 is 25.4 Å². The number of amides is 2. The summed E-state index contributed by atoms with van der Waals surface area (Å²) >= 11 is 1.45. The number of carboxylic acids is 1. The summed E-state index contributed by atoms with van der Waals surface area (Å²) in [4.78, 5) is 38.6. The normalized spacial score (nSPS) is 26.9. The first-order chi connectivity index (χ1) is 14.9. The number of carbonyl (C=O) groups excluding carboxylic acids is 2. The third-order valence-corrected chi connectivity index (χ3v) is 6.99. The van der Waals surface area contributed by atoms with Crippen LogP contribution in [0.2, 0.25) is 0 Å². The number of β-lactam (4-membered cyclic amide) rings is 1. The van der Waals surface area contributed by atoms with Crippen LogP contribution in [0.4, 0.5) is 5.69 Å². The van der Waals surface area contributed by atoms with Gasteiger partial charge in [0.05, 0.1) is 5.54 Å². The Bertz CT molecular complexity index is 974. The van der Waals surface area contributed by atoms with E-state index >= 15 is 0 Å². The number of benzene rings is 2. The maximum Gasteiger partial charge on any atom is 0.328 e. The summed E-state index contributed by atoms with van der Waals surface area (Å²) in [6.07, 6.45) is 0. The highest BCUT2D eigenvalue weighted by molar-refractivity contribution is 8.00. The second kappa shape index (κ2) is 8.50. The number of ether oxygens (including phenoxy) is 1. The van der Waals surface area contributed by atoms with Crippen LogP contribution in [0.1, 0.15) is 6.92 Å². The van der Waals surface area contributed by atoms with Crippen molar-refractivity contribution in [1.82, 2.24) is 10.2 Å². The van der Waals surface area contributed by atoms with Gasteiger partial charge in [0.1, 0.15) is 17.2 Å². The van der Waals surface area contributed by atoms with Gasteiger partial charge in [-0.1, -0.05) is 36.4 Å². The van der Waals surface area contributed by atoms with E-state index in [9.17, 15) is 19.5 Å². The van der Waals surface area contributed by atoms with Gasteiger partial charge >= 0.3 is 5.97 Å². The number of aliphatic carboxylic acids is 1. The monoisotopic (exact) mass is 441 g/mol. The van der Waals surface area contributed by atoms with Crippen LogP contribution in [0.3, 0.4) is 0 Å². The average molecular weight is 442 g/mol. The third-order valence-electron chi connectivity index (χ3n) is 5.38. The minimum Gasteiger partial charge on any atom is -0.484 e. The number of carboxylic acid groups (broad SMARTS) is 1. The van der Waals surface area contributed by atoms with E-state index in [0.29, 0.717) is 11.5 Å². The summed E-state index contributed by atoms with van der Waals surface area (Å²) in [5.74, 6) is -0.897. The van der Waals surface area contributed by atoms with Crippen LogP contribution in [0, 0.1) is 0 Å². The first-order valence-corrected chi connectivity index (χ1v) is 10.9. The van der Waals surface area contributed by atoms with Crippen molar-refractivity contribution in [3.63, 3.8) is 0 Å². The number of hydrogen-bond donors (Lipinski definition) is 3. The molecule has 0 aromatic heterocycles. The fourth-order valence-electron chi connectivity index (χ4n) is 3.94. The lowest BCUT2D eigenvalue weighted by molar-refractivity contribution is -0.165. The molecule has 0 radical (unpaired) electrons. The Balaban J connectivity index is 1.41. The number of nitrogens with one attached hydrogen (secondary N) is 2.